The lowest BCUT2D eigenvalue weighted by molar-refractivity contribution is -0.384. The van der Waals surface area contributed by atoms with Crippen molar-refractivity contribution in [2.24, 2.45) is 5.41 Å². The van der Waals surface area contributed by atoms with Gasteiger partial charge in [0.25, 0.3) is 5.69 Å². The van der Waals surface area contributed by atoms with E-state index in [1.165, 1.54) is 12.1 Å². The quantitative estimate of drug-likeness (QED) is 0.444. The first-order valence-electron chi connectivity index (χ1n) is 8.31. The number of nitro benzene ring substituents is 1. The van der Waals surface area contributed by atoms with E-state index in [4.69, 9.17) is 0 Å². The number of rotatable bonds is 7. The molecule has 0 spiro atoms. The predicted octanol–water partition coefficient (Wildman–Crippen LogP) is 2.50. The molecule has 8 nitrogen and oxygen atoms in total. The predicted molar refractivity (Wildman–Crippen MR) is 92.4 cm³/mol. The molecule has 1 saturated heterocycles. The third-order valence-electron chi connectivity index (χ3n) is 4.54. The van der Waals surface area contributed by atoms with Crippen LogP contribution in [0.3, 0.4) is 0 Å². The Morgan fingerprint density at radius 2 is 2.04 bits per heavy atom. The summed E-state index contributed by atoms with van der Waals surface area (Å²) in [4.78, 5) is 35.4. The summed E-state index contributed by atoms with van der Waals surface area (Å²) in [6, 6.07) is 6.10. The second-order valence-electron chi connectivity index (χ2n) is 6.62. The number of non-ortho nitro benzene ring substituents is 1. The lowest BCUT2D eigenvalue weighted by atomic mass is 9.82. The number of carbonyl (C=O) groups is 2. The molecule has 2 rings (SSSR count). The maximum absolute atomic E-state index is 12.3. The Hall–Kier alpha value is -2.64. The van der Waals surface area contributed by atoms with Gasteiger partial charge in [0, 0.05) is 43.9 Å². The van der Waals surface area contributed by atoms with E-state index in [1.807, 2.05) is 0 Å². The average molecular weight is 349 g/mol. The van der Waals surface area contributed by atoms with E-state index < -0.39 is 16.3 Å². The second-order valence-corrected chi connectivity index (χ2v) is 6.62. The molecule has 1 heterocycles. The number of carboxylic acid groups (broad SMARTS) is 1. The Kier molecular flexibility index (Phi) is 5.95. The van der Waals surface area contributed by atoms with Gasteiger partial charge in [0.2, 0.25) is 5.91 Å². The van der Waals surface area contributed by atoms with Gasteiger partial charge in [0.1, 0.15) is 0 Å². The van der Waals surface area contributed by atoms with Crippen LogP contribution in [0.4, 0.5) is 11.4 Å². The van der Waals surface area contributed by atoms with Crippen molar-refractivity contribution in [3.05, 3.63) is 34.4 Å². The molecule has 1 fully saturated rings. The van der Waals surface area contributed by atoms with Crippen LogP contribution >= 0.6 is 0 Å². The Morgan fingerprint density at radius 1 is 1.36 bits per heavy atom. The Morgan fingerprint density at radius 3 is 2.64 bits per heavy atom. The molecule has 0 bridgehead atoms. The van der Waals surface area contributed by atoms with Crippen molar-refractivity contribution in [2.75, 3.05) is 25.0 Å². The van der Waals surface area contributed by atoms with Crippen molar-refractivity contribution >= 4 is 23.3 Å². The average Bonchev–Trinajstić information content (AvgIpc) is 2.59. The van der Waals surface area contributed by atoms with Crippen molar-refractivity contribution in [2.45, 2.75) is 32.6 Å². The zero-order chi connectivity index (χ0) is 18.4. The van der Waals surface area contributed by atoms with Crippen LogP contribution in [-0.2, 0) is 9.59 Å². The van der Waals surface area contributed by atoms with E-state index in [1.54, 1.807) is 24.0 Å². The molecule has 1 aliphatic rings. The number of carboxylic acids is 1. The van der Waals surface area contributed by atoms with Gasteiger partial charge < -0.3 is 15.3 Å². The first-order valence-corrected chi connectivity index (χ1v) is 8.31. The van der Waals surface area contributed by atoms with Crippen molar-refractivity contribution in [3.8, 4) is 0 Å². The molecule has 1 aliphatic heterocycles. The van der Waals surface area contributed by atoms with E-state index in [0.29, 0.717) is 38.8 Å². The Bertz CT molecular complexity index is 646. The van der Waals surface area contributed by atoms with Crippen LogP contribution in [0.25, 0.3) is 0 Å². The van der Waals surface area contributed by atoms with Crippen molar-refractivity contribution in [1.29, 1.82) is 0 Å². The van der Waals surface area contributed by atoms with Gasteiger partial charge in [-0.05, 0) is 38.3 Å². The fourth-order valence-electron chi connectivity index (χ4n) is 2.96. The van der Waals surface area contributed by atoms with Crippen molar-refractivity contribution < 1.29 is 19.6 Å². The van der Waals surface area contributed by atoms with E-state index in [-0.39, 0.29) is 18.1 Å². The standard InChI is InChI=1S/C17H23N3O5/c1-17(16(22)23)9-3-11-19(12-17)15(21)4-2-10-18-13-5-7-14(8-6-13)20(24)25/h5-8,18H,2-4,9-12H2,1H3,(H,22,23). The molecule has 25 heavy (non-hydrogen) atoms. The number of nitrogens with one attached hydrogen (secondary N) is 1. The Balaban J connectivity index is 1.75. The number of benzene rings is 1. The third-order valence-corrected chi connectivity index (χ3v) is 4.54. The fraction of sp³-hybridized carbons (Fsp3) is 0.529. The minimum atomic E-state index is -0.857. The van der Waals surface area contributed by atoms with Gasteiger partial charge >= 0.3 is 5.97 Å². The molecule has 1 amide bonds. The van der Waals surface area contributed by atoms with Crippen LogP contribution in [0.1, 0.15) is 32.6 Å². The second kappa shape index (κ2) is 7.96. The van der Waals surface area contributed by atoms with E-state index in [9.17, 15) is 24.8 Å². The van der Waals surface area contributed by atoms with Gasteiger partial charge in [0.05, 0.1) is 10.3 Å². The van der Waals surface area contributed by atoms with Crippen LogP contribution < -0.4 is 5.32 Å². The van der Waals surface area contributed by atoms with Crippen LogP contribution in [0.2, 0.25) is 0 Å². The summed E-state index contributed by atoms with van der Waals surface area (Å²) in [5.41, 5.74) is -0.0629. The normalized spacial score (nSPS) is 20.1. The number of anilines is 1. The van der Waals surface area contributed by atoms with Crippen LogP contribution in [0.15, 0.2) is 24.3 Å². The first-order chi connectivity index (χ1) is 11.8. The molecule has 1 atom stereocenters. The molecular weight excluding hydrogens is 326 g/mol. The van der Waals surface area contributed by atoms with Crippen LogP contribution in [0, 0.1) is 15.5 Å². The number of aliphatic carboxylic acids is 1. The topological polar surface area (TPSA) is 113 Å². The molecule has 2 N–H and O–H groups in total. The summed E-state index contributed by atoms with van der Waals surface area (Å²) < 4.78 is 0. The van der Waals surface area contributed by atoms with E-state index in [0.717, 1.165) is 5.69 Å². The monoisotopic (exact) mass is 349 g/mol. The lowest BCUT2D eigenvalue weighted by Gasteiger charge is -2.37. The van der Waals surface area contributed by atoms with Gasteiger partial charge in [-0.2, -0.15) is 0 Å². The highest BCUT2D eigenvalue weighted by Crippen LogP contribution is 2.30. The SMILES string of the molecule is CC1(C(=O)O)CCCN(C(=O)CCCNc2ccc([N+](=O)[O-])cc2)C1. The zero-order valence-corrected chi connectivity index (χ0v) is 14.2. The summed E-state index contributed by atoms with van der Waals surface area (Å²) >= 11 is 0. The smallest absolute Gasteiger partial charge is 0.311 e. The minimum absolute atomic E-state index is 0.0299. The number of piperidine rings is 1. The number of nitrogens with zero attached hydrogens (tertiary/aromatic N) is 2. The number of hydrogen-bond acceptors (Lipinski definition) is 5. The van der Waals surface area contributed by atoms with E-state index >= 15 is 0 Å². The van der Waals surface area contributed by atoms with Crippen molar-refractivity contribution in [3.63, 3.8) is 0 Å². The highest BCUT2D eigenvalue weighted by molar-refractivity contribution is 5.79. The van der Waals surface area contributed by atoms with Gasteiger partial charge in [-0.1, -0.05) is 0 Å². The Labute approximate surface area is 146 Å². The molecular formula is C17H23N3O5. The van der Waals surface area contributed by atoms with Crippen LogP contribution in [-0.4, -0.2) is 46.4 Å². The third kappa shape index (κ3) is 4.91. The summed E-state index contributed by atoms with van der Waals surface area (Å²) in [6.45, 7) is 3.12. The number of hydrogen-bond donors (Lipinski definition) is 2. The van der Waals surface area contributed by atoms with Gasteiger partial charge in [-0.15, -0.1) is 0 Å². The molecule has 1 aromatic rings. The molecule has 0 radical (unpaired) electrons. The highest BCUT2D eigenvalue weighted by atomic mass is 16.6. The molecule has 1 unspecified atom stereocenters. The van der Waals surface area contributed by atoms with Crippen LogP contribution in [0.5, 0.6) is 0 Å². The number of amides is 1. The minimum Gasteiger partial charge on any atom is -0.481 e. The molecule has 136 valence electrons. The number of likely N-dealkylation sites (tertiary alicyclic amines) is 1. The highest BCUT2D eigenvalue weighted by Gasteiger charge is 2.39. The van der Waals surface area contributed by atoms with Gasteiger partial charge in [-0.25, -0.2) is 0 Å². The maximum Gasteiger partial charge on any atom is 0.311 e. The summed E-state index contributed by atoms with van der Waals surface area (Å²) in [7, 11) is 0. The molecule has 8 heteroatoms. The van der Waals surface area contributed by atoms with Gasteiger partial charge in [0.15, 0.2) is 0 Å². The maximum atomic E-state index is 12.3. The number of nitro groups is 1. The molecule has 0 saturated carbocycles. The molecule has 0 aliphatic carbocycles. The summed E-state index contributed by atoms with van der Waals surface area (Å²) in [5.74, 6) is -0.887. The van der Waals surface area contributed by atoms with Gasteiger partial charge in [-0.3, -0.25) is 19.7 Å². The number of carbonyl (C=O) groups excluding carboxylic acids is 1. The van der Waals surface area contributed by atoms with Crippen molar-refractivity contribution in [1.82, 2.24) is 4.90 Å². The first kappa shape index (κ1) is 18.7. The molecule has 0 aromatic heterocycles. The van der Waals surface area contributed by atoms with E-state index in [2.05, 4.69) is 5.32 Å². The molecule has 1 aromatic carbocycles. The fourth-order valence-corrected chi connectivity index (χ4v) is 2.96. The zero-order valence-electron chi connectivity index (χ0n) is 14.2. The lowest BCUT2D eigenvalue weighted by Crippen LogP contribution is -2.48. The summed E-state index contributed by atoms with van der Waals surface area (Å²) in [5, 5.41) is 23.0. The summed E-state index contributed by atoms with van der Waals surface area (Å²) in [6.07, 6.45) is 2.25. The largest absolute Gasteiger partial charge is 0.481 e.